The second-order valence-corrected chi connectivity index (χ2v) is 11.5. The molecule has 1 fully saturated rings. The Morgan fingerprint density at radius 2 is 1.84 bits per heavy atom. The summed E-state index contributed by atoms with van der Waals surface area (Å²) in [7, 11) is -3.54. The van der Waals surface area contributed by atoms with E-state index >= 15 is 0 Å². The van der Waals surface area contributed by atoms with E-state index in [2.05, 4.69) is 20.9 Å². The van der Waals surface area contributed by atoms with Crippen LogP contribution in [0.5, 0.6) is 0 Å². The summed E-state index contributed by atoms with van der Waals surface area (Å²) in [5, 5.41) is 0. The van der Waals surface area contributed by atoms with Crippen LogP contribution in [0.4, 0.5) is 0 Å². The second kappa shape index (κ2) is 8.97. The third-order valence-electron chi connectivity index (χ3n) is 5.64. The van der Waals surface area contributed by atoms with Crippen LogP contribution in [-0.2, 0) is 21.4 Å². The lowest BCUT2D eigenvalue weighted by Gasteiger charge is -2.29. The third-order valence-corrected chi connectivity index (χ3v) is 9.23. The minimum Gasteiger partial charge on any atom is -0.316 e. The van der Waals surface area contributed by atoms with E-state index in [-0.39, 0.29) is 11.8 Å². The molecule has 1 aliphatic heterocycles. The van der Waals surface area contributed by atoms with Crippen molar-refractivity contribution in [1.82, 2.24) is 8.87 Å². The van der Waals surface area contributed by atoms with E-state index in [4.69, 9.17) is 0 Å². The predicted molar refractivity (Wildman–Crippen MR) is 126 cm³/mol. The average Bonchev–Trinajstić information content (AvgIpc) is 3.12. The molecule has 4 rings (SSSR count). The Bertz CT molecular complexity index is 1290. The van der Waals surface area contributed by atoms with Crippen molar-refractivity contribution >= 4 is 53.4 Å². The number of benzene rings is 2. The van der Waals surface area contributed by atoms with Crippen molar-refractivity contribution in [3.63, 3.8) is 0 Å². The van der Waals surface area contributed by atoms with Gasteiger partial charge in [0.25, 0.3) is 5.91 Å². The molecule has 1 amide bonds. The van der Waals surface area contributed by atoms with Crippen molar-refractivity contribution in [2.24, 2.45) is 10.9 Å². The lowest BCUT2D eigenvalue weighted by Crippen LogP contribution is -2.40. The van der Waals surface area contributed by atoms with Gasteiger partial charge >= 0.3 is 0 Å². The van der Waals surface area contributed by atoms with Crippen molar-refractivity contribution in [3.8, 4) is 0 Å². The van der Waals surface area contributed by atoms with Crippen LogP contribution in [0, 0.1) is 12.8 Å². The largest absolute Gasteiger partial charge is 0.316 e. The number of nitrogens with zero attached hydrogens (tertiary/aromatic N) is 3. The molecule has 0 spiro atoms. The fourth-order valence-corrected chi connectivity index (χ4v) is 7.16. The number of hydrogen-bond acceptors (Lipinski definition) is 4. The molecule has 3 aromatic rings. The van der Waals surface area contributed by atoms with E-state index in [1.807, 2.05) is 36.6 Å². The number of carbonyl (C=O) groups excluding carboxylic acids is 1. The number of para-hydroxylation sites is 1. The molecule has 1 aromatic heterocycles. The van der Waals surface area contributed by atoms with Crippen molar-refractivity contribution in [1.29, 1.82) is 0 Å². The van der Waals surface area contributed by atoms with E-state index in [0.717, 1.165) is 20.3 Å². The van der Waals surface area contributed by atoms with Crippen molar-refractivity contribution in [2.45, 2.75) is 38.1 Å². The third kappa shape index (κ3) is 4.41. The molecule has 31 heavy (non-hydrogen) atoms. The maximum atomic E-state index is 12.9. The molecule has 0 bridgehead atoms. The number of aryl methyl sites for hydroxylation is 2. The standard InChI is InChI=1S/C22H24BrN3O3S2/c1-3-26-20-18(23)5-4-6-19(20)30-22(26)24-21(27)16-11-13-25(14-12-16)31(28,29)17-9-7-15(2)8-10-17/h4-10,16H,3,11-14H2,1-2H3. The van der Waals surface area contributed by atoms with Crippen LogP contribution >= 0.6 is 27.3 Å². The summed E-state index contributed by atoms with van der Waals surface area (Å²) in [5.74, 6) is -0.430. The Morgan fingerprint density at radius 3 is 2.48 bits per heavy atom. The first-order valence-electron chi connectivity index (χ1n) is 10.2. The fourth-order valence-electron chi connectivity index (χ4n) is 3.85. The summed E-state index contributed by atoms with van der Waals surface area (Å²) in [4.78, 5) is 18.3. The van der Waals surface area contributed by atoms with Gasteiger partial charge < -0.3 is 4.57 Å². The lowest BCUT2D eigenvalue weighted by atomic mass is 9.98. The zero-order chi connectivity index (χ0) is 22.2. The van der Waals surface area contributed by atoms with E-state index < -0.39 is 10.0 Å². The quantitative estimate of drug-likeness (QED) is 0.513. The summed E-state index contributed by atoms with van der Waals surface area (Å²) in [6, 6.07) is 12.9. The van der Waals surface area contributed by atoms with Gasteiger partial charge in [0.15, 0.2) is 4.80 Å². The first kappa shape index (κ1) is 22.4. The highest BCUT2D eigenvalue weighted by Crippen LogP contribution is 2.27. The van der Waals surface area contributed by atoms with Crippen LogP contribution in [0.3, 0.4) is 0 Å². The fraction of sp³-hybridized carbons (Fsp3) is 0.364. The van der Waals surface area contributed by atoms with Gasteiger partial charge in [-0.15, -0.1) is 0 Å². The van der Waals surface area contributed by atoms with Gasteiger partial charge in [0.05, 0.1) is 15.1 Å². The van der Waals surface area contributed by atoms with E-state index in [1.54, 1.807) is 24.3 Å². The Hall–Kier alpha value is -1.81. The first-order chi connectivity index (χ1) is 14.8. The molecule has 1 saturated heterocycles. The number of aromatic nitrogens is 1. The van der Waals surface area contributed by atoms with Crippen molar-refractivity contribution in [3.05, 3.63) is 57.3 Å². The zero-order valence-electron chi connectivity index (χ0n) is 17.4. The SMILES string of the molecule is CCn1c(=NC(=O)C2CCN(S(=O)(=O)c3ccc(C)cc3)CC2)sc2cccc(Br)c21. The van der Waals surface area contributed by atoms with Crippen LogP contribution in [0.25, 0.3) is 10.2 Å². The summed E-state index contributed by atoms with van der Waals surface area (Å²) in [5.41, 5.74) is 2.06. The zero-order valence-corrected chi connectivity index (χ0v) is 20.6. The number of sulfonamides is 1. The summed E-state index contributed by atoms with van der Waals surface area (Å²) >= 11 is 5.09. The maximum absolute atomic E-state index is 12.9. The molecule has 9 heteroatoms. The van der Waals surface area contributed by atoms with E-state index in [0.29, 0.717) is 42.2 Å². The van der Waals surface area contributed by atoms with Gasteiger partial charge in [-0.3, -0.25) is 4.79 Å². The monoisotopic (exact) mass is 521 g/mol. The molecule has 2 aromatic carbocycles. The van der Waals surface area contributed by atoms with Gasteiger partial charge in [-0.1, -0.05) is 35.1 Å². The molecule has 164 valence electrons. The van der Waals surface area contributed by atoms with Gasteiger partial charge in [0.1, 0.15) is 0 Å². The normalized spacial score (nSPS) is 16.8. The molecular weight excluding hydrogens is 498 g/mol. The van der Waals surface area contributed by atoms with Gasteiger partial charge in [-0.05, 0) is 66.9 Å². The molecule has 2 heterocycles. The Kier molecular flexibility index (Phi) is 6.48. The number of hydrogen-bond donors (Lipinski definition) is 0. The van der Waals surface area contributed by atoms with Crippen LogP contribution in [0.1, 0.15) is 25.3 Å². The maximum Gasteiger partial charge on any atom is 0.251 e. The van der Waals surface area contributed by atoms with Crippen molar-refractivity contribution < 1.29 is 13.2 Å². The minimum atomic E-state index is -3.54. The second-order valence-electron chi connectivity index (χ2n) is 7.66. The summed E-state index contributed by atoms with van der Waals surface area (Å²) in [6.45, 7) is 5.32. The number of amides is 1. The van der Waals surface area contributed by atoms with Crippen LogP contribution in [-0.4, -0.2) is 36.3 Å². The number of rotatable bonds is 4. The summed E-state index contributed by atoms with van der Waals surface area (Å²) < 4.78 is 31.4. The Morgan fingerprint density at radius 1 is 1.16 bits per heavy atom. The molecule has 0 radical (unpaired) electrons. The number of thiazole rings is 1. The van der Waals surface area contributed by atoms with Gasteiger partial charge in [-0.25, -0.2) is 8.42 Å². The van der Waals surface area contributed by atoms with Crippen molar-refractivity contribution in [2.75, 3.05) is 13.1 Å². The average molecular weight is 522 g/mol. The number of fused-ring (bicyclic) bond motifs is 1. The lowest BCUT2D eigenvalue weighted by molar-refractivity contribution is -0.122. The number of piperidine rings is 1. The predicted octanol–water partition coefficient (Wildman–Crippen LogP) is 4.32. The molecule has 0 atom stereocenters. The molecule has 1 aliphatic rings. The Balaban J connectivity index is 1.52. The van der Waals surface area contributed by atoms with Crippen LogP contribution in [0.2, 0.25) is 0 Å². The van der Waals surface area contributed by atoms with Gasteiger partial charge in [0.2, 0.25) is 10.0 Å². The van der Waals surface area contributed by atoms with Crippen LogP contribution in [0.15, 0.2) is 56.8 Å². The molecule has 0 unspecified atom stereocenters. The smallest absolute Gasteiger partial charge is 0.251 e. The highest BCUT2D eigenvalue weighted by Gasteiger charge is 2.32. The minimum absolute atomic E-state index is 0.169. The Labute approximate surface area is 194 Å². The van der Waals surface area contributed by atoms with Gasteiger partial charge in [-0.2, -0.15) is 9.30 Å². The molecule has 0 saturated carbocycles. The molecular formula is C22H24BrN3O3S2. The number of carbonyl (C=O) groups is 1. The first-order valence-corrected chi connectivity index (χ1v) is 13.3. The highest BCUT2D eigenvalue weighted by atomic mass is 79.9. The summed E-state index contributed by atoms with van der Waals surface area (Å²) in [6.07, 6.45) is 0.961. The molecule has 6 nitrogen and oxygen atoms in total. The van der Waals surface area contributed by atoms with E-state index in [1.165, 1.54) is 15.6 Å². The number of halogens is 1. The van der Waals surface area contributed by atoms with Gasteiger partial charge in [0, 0.05) is 30.0 Å². The molecule has 0 aliphatic carbocycles. The topological polar surface area (TPSA) is 71.7 Å². The molecule has 0 N–H and O–H groups in total. The van der Waals surface area contributed by atoms with Crippen LogP contribution < -0.4 is 4.80 Å². The highest BCUT2D eigenvalue weighted by molar-refractivity contribution is 9.10. The van der Waals surface area contributed by atoms with E-state index in [9.17, 15) is 13.2 Å².